The maximum Gasteiger partial charge on any atom is 0.264 e. The maximum absolute atomic E-state index is 13.8. The topological polar surface area (TPSA) is 84.9 Å². The van der Waals surface area contributed by atoms with Gasteiger partial charge in [0, 0.05) is 12.1 Å². The normalized spacial score (nSPS) is 21.6. The second kappa shape index (κ2) is 9.25. The fraction of sp³-hybridized carbons (Fsp3) is 0.480. The van der Waals surface area contributed by atoms with Crippen LogP contribution in [0.4, 0.5) is 5.69 Å². The number of nitrogens with zero attached hydrogens (tertiary/aromatic N) is 1. The third kappa shape index (κ3) is 4.81. The summed E-state index contributed by atoms with van der Waals surface area (Å²) in [5.74, 6) is 1.66. The van der Waals surface area contributed by atoms with E-state index in [1.54, 1.807) is 18.2 Å². The van der Waals surface area contributed by atoms with Gasteiger partial charge in [-0.2, -0.15) is 0 Å². The first-order chi connectivity index (χ1) is 15.7. The summed E-state index contributed by atoms with van der Waals surface area (Å²) in [7, 11) is -1.10. The quantitative estimate of drug-likeness (QED) is 0.631. The van der Waals surface area contributed by atoms with Gasteiger partial charge in [-0.15, -0.1) is 0 Å². The molecule has 0 aliphatic heterocycles. The number of nitrogens with one attached hydrogen (secondary N) is 1. The third-order valence-electron chi connectivity index (χ3n) is 6.81. The van der Waals surface area contributed by atoms with Crippen molar-refractivity contribution in [2.75, 3.05) is 25.1 Å². The van der Waals surface area contributed by atoms with Crippen LogP contribution in [0.3, 0.4) is 0 Å². The zero-order valence-electron chi connectivity index (χ0n) is 19.6. The summed E-state index contributed by atoms with van der Waals surface area (Å²) in [5, 5.41) is 3.11. The molecule has 0 radical (unpaired) electrons. The highest BCUT2D eigenvalue weighted by molar-refractivity contribution is 7.92. The molecule has 2 fully saturated rings. The maximum atomic E-state index is 13.8. The van der Waals surface area contributed by atoms with Crippen molar-refractivity contribution in [3.63, 3.8) is 0 Å². The number of aryl methyl sites for hydroxylation is 2. The number of fused-ring (bicyclic) bond motifs is 2. The summed E-state index contributed by atoms with van der Waals surface area (Å²) in [6.07, 6.45) is 4.53. The zero-order chi connectivity index (χ0) is 23.8. The van der Waals surface area contributed by atoms with Gasteiger partial charge in [-0.3, -0.25) is 9.10 Å². The molecule has 33 heavy (non-hydrogen) atoms. The van der Waals surface area contributed by atoms with Crippen molar-refractivity contribution in [1.82, 2.24) is 5.32 Å². The standard InChI is InChI=1S/C25H32N2O5S/c1-16-9-17(2)11-20(10-16)27(15-25(28)26-22-13-18-5-6-19(22)12-18)33(29,30)21-7-8-23(31-3)24(14-21)32-4/h7-11,14,18-19,22H,5-6,12-13,15H2,1-4H3,(H,26,28)/t18-,19+,22-/m1/s1. The smallest absolute Gasteiger partial charge is 0.264 e. The molecule has 7 nitrogen and oxygen atoms in total. The summed E-state index contributed by atoms with van der Waals surface area (Å²) in [5.41, 5.74) is 2.31. The Labute approximate surface area is 196 Å². The predicted molar refractivity (Wildman–Crippen MR) is 127 cm³/mol. The minimum Gasteiger partial charge on any atom is -0.493 e. The van der Waals surface area contributed by atoms with Gasteiger partial charge in [-0.1, -0.05) is 12.5 Å². The summed E-state index contributed by atoms with van der Waals surface area (Å²) >= 11 is 0. The lowest BCUT2D eigenvalue weighted by Gasteiger charge is -2.28. The Bertz CT molecular complexity index is 1130. The molecule has 0 spiro atoms. The molecule has 0 unspecified atom stereocenters. The SMILES string of the molecule is COc1ccc(S(=O)(=O)N(CC(=O)N[C@@H]2C[C@@H]3CC[C@H]2C3)c2cc(C)cc(C)c2)cc1OC. The minimum absolute atomic E-state index is 0.0343. The van der Waals surface area contributed by atoms with E-state index in [9.17, 15) is 13.2 Å². The van der Waals surface area contributed by atoms with Crippen LogP contribution >= 0.6 is 0 Å². The molecule has 2 aromatic carbocycles. The van der Waals surface area contributed by atoms with Crippen LogP contribution in [-0.2, 0) is 14.8 Å². The third-order valence-corrected chi connectivity index (χ3v) is 8.58. The van der Waals surface area contributed by atoms with Crippen molar-refractivity contribution >= 4 is 21.6 Å². The van der Waals surface area contributed by atoms with E-state index in [0.29, 0.717) is 29.0 Å². The van der Waals surface area contributed by atoms with Gasteiger partial charge in [0.1, 0.15) is 6.54 Å². The largest absolute Gasteiger partial charge is 0.493 e. The first kappa shape index (κ1) is 23.4. The Balaban J connectivity index is 1.67. The van der Waals surface area contributed by atoms with E-state index >= 15 is 0 Å². The molecule has 0 saturated heterocycles. The second-order valence-electron chi connectivity index (χ2n) is 9.22. The highest BCUT2D eigenvalue weighted by Crippen LogP contribution is 2.44. The second-order valence-corrected chi connectivity index (χ2v) is 11.1. The molecule has 1 N–H and O–H groups in total. The van der Waals surface area contributed by atoms with E-state index < -0.39 is 10.0 Å². The summed E-state index contributed by atoms with van der Waals surface area (Å²) in [4.78, 5) is 13.1. The molecule has 2 saturated carbocycles. The number of methoxy groups -OCH3 is 2. The zero-order valence-corrected chi connectivity index (χ0v) is 20.4. The Morgan fingerprint density at radius 1 is 1.00 bits per heavy atom. The molecule has 0 aromatic heterocycles. The lowest BCUT2D eigenvalue weighted by Crippen LogP contribution is -2.46. The fourth-order valence-corrected chi connectivity index (χ4v) is 6.74. The number of hydrogen-bond acceptors (Lipinski definition) is 5. The van der Waals surface area contributed by atoms with Gasteiger partial charge in [0.25, 0.3) is 10.0 Å². The monoisotopic (exact) mass is 472 g/mol. The van der Waals surface area contributed by atoms with Gasteiger partial charge >= 0.3 is 0 Å². The molecule has 178 valence electrons. The van der Waals surface area contributed by atoms with Crippen LogP contribution in [0, 0.1) is 25.7 Å². The van der Waals surface area contributed by atoms with E-state index in [2.05, 4.69) is 5.32 Å². The highest BCUT2D eigenvalue weighted by Gasteiger charge is 2.40. The van der Waals surface area contributed by atoms with Gasteiger partial charge < -0.3 is 14.8 Å². The number of anilines is 1. The Morgan fingerprint density at radius 3 is 2.27 bits per heavy atom. The van der Waals surface area contributed by atoms with Gasteiger partial charge in [-0.25, -0.2) is 8.42 Å². The molecule has 2 bridgehead atoms. The van der Waals surface area contributed by atoms with Crippen LogP contribution in [0.1, 0.15) is 36.8 Å². The molecule has 2 aliphatic rings. The minimum atomic E-state index is -4.05. The number of amides is 1. The van der Waals surface area contributed by atoms with E-state index in [0.717, 1.165) is 30.4 Å². The van der Waals surface area contributed by atoms with E-state index in [4.69, 9.17) is 9.47 Å². The average Bonchev–Trinajstić information content (AvgIpc) is 3.39. The lowest BCUT2D eigenvalue weighted by molar-refractivity contribution is -0.120. The average molecular weight is 473 g/mol. The molecule has 1 amide bonds. The van der Waals surface area contributed by atoms with Crippen LogP contribution < -0.4 is 19.1 Å². The number of ether oxygens (including phenoxy) is 2. The van der Waals surface area contributed by atoms with Crippen molar-refractivity contribution in [2.45, 2.75) is 50.5 Å². The van der Waals surface area contributed by atoms with Crippen molar-refractivity contribution in [1.29, 1.82) is 0 Å². The summed E-state index contributed by atoms with van der Waals surface area (Å²) in [6.45, 7) is 3.54. The Morgan fingerprint density at radius 2 is 1.70 bits per heavy atom. The van der Waals surface area contributed by atoms with Gasteiger partial charge in [0.05, 0.1) is 24.8 Å². The van der Waals surface area contributed by atoms with Crippen molar-refractivity contribution < 1.29 is 22.7 Å². The molecule has 2 aromatic rings. The molecule has 4 rings (SSSR count). The van der Waals surface area contributed by atoms with Crippen LogP contribution in [0.15, 0.2) is 41.3 Å². The number of rotatable bonds is 8. The van der Waals surface area contributed by atoms with Crippen molar-refractivity contribution in [2.24, 2.45) is 11.8 Å². The molecular weight excluding hydrogens is 440 g/mol. The van der Waals surface area contributed by atoms with Gasteiger partial charge in [0.2, 0.25) is 5.91 Å². The van der Waals surface area contributed by atoms with Crippen LogP contribution in [0.5, 0.6) is 11.5 Å². The number of carbonyl (C=O) groups is 1. The highest BCUT2D eigenvalue weighted by atomic mass is 32.2. The van der Waals surface area contributed by atoms with Crippen LogP contribution in [0.2, 0.25) is 0 Å². The van der Waals surface area contributed by atoms with Crippen molar-refractivity contribution in [3.8, 4) is 11.5 Å². The fourth-order valence-electron chi connectivity index (χ4n) is 5.32. The van der Waals surface area contributed by atoms with E-state index in [1.807, 2.05) is 19.9 Å². The predicted octanol–water partition coefficient (Wildman–Crippen LogP) is 3.82. The Kier molecular flexibility index (Phi) is 6.56. The van der Waals surface area contributed by atoms with Crippen LogP contribution in [0.25, 0.3) is 0 Å². The van der Waals surface area contributed by atoms with Crippen LogP contribution in [-0.4, -0.2) is 41.1 Å². The van der Waals surface area contributed by atoms with Gasteiger partial charge in [-0.05, 0) is 80.3 Å². The van der Waals surface area contributed by atoms with E-state index in [-0.39, 0.29) is 23.4 Å². The Hall–Kier alpha value is -2.74. The molecule has 8 heteroatoms. The summed E-state index contributed by atoms with van der Waals surface area (Å²) in [6, 6.07) is 10.1. The van der Waals surface area contributed by atoms with Crippen molar-refractivity contribution in [3.05, 3.63) is 47.5 Å². The first-order valence-electron chi connectivity index (χ1n) is 11.3. The summed E-state index contributed by atoms with van der Waals surface area (Å²) < 4.78 is 39.3. The molecule has 3 atom stereocenters. The number of sulfonamides is 1. The first-order valence-corrected chi connectivity index (χ1v) is 12.8. The molecular formula is C25H32N2O5S. The number of benzene rings is 2. The molecule has 2 aliphatic carbocycles. The lowest BCUT2D eigenvalue weighted by atomic mass is 9.95. The van der Waals surface area contributed by atoms with E-state index in [1.165, 1.54) is 37.1 Å². The van der Waals surface area contributed by atoms with Gasteiger partial charge in [0.15, 0.2) is 11.5 Å². The number of carbonyl (C=O) groups excluding carboxylic acids is 1. The molecule has 0 heterocycles. The number of hydrogen-bond donors (Lipinski definition) is 1.